The number of hydrogen-bond acceptors (Lipinski definition) is 1. The first-order chi connectivity index (χ1) is 3.13. The molecule has 0 fully saturated rings. The van der Waals surface area contributed by atoms with E-state index >= 15 is 0 Å². The molecule has 0 amide bonds. The van der Waals surface area contributed by atoms with Crippen molar-refractivity contribution in [3.8, 4) is 0 Å². The van der Waals surface area contributed by atoms with Gasteiger partial charge in [0.1, 0.15) is 5.78 Å². The Kier molecular flexibility index (Phi) is 2.92. The maximum absolute atomic E-state index is 10.2. The molecule has 0 saturated heterocycles. The summed E-state index contributed by atoms with van der Waals surface area (Å²) < 4.78 is 0. The van der Waals surface area contributed by atoms with E-state index in [1.807, 2.05) is 6.26 Å². The lowest BCUT2D eigenvalue weighted by molar-refractivity contribution is -0.114. The highest BCUT2D eigenvalue weighted by Crippen LogP contribution is 1.99. The van der Waals surface area contributed by atoms with Crippen molar-refractivity contribution >= 4 is 22.1 Å². The van der Waals surface area contributed by atoms with Gasteiger partial charge in [-0.25, -0.2) is 0 Å². The Morgan fingerprint density at radius 2 is 2.29 bits per heavy atom. The summed E-state index contributed by atoms with van der Waals surface area (Å²) in [7, 11) is 0.0548. The average Bonchev–Trinajstić information content (AvgIpc) is 1.27. The van der Waals surface area contributed by atoms with Crippen molar-refractivity contribution in [3.63, 3.8) is 0 Å². The molecule has 0 aromatic heterocycles. The Balaban J connectivity index is 3.32. The van der Waals surface area contributed by atoms with Gasteiger partial charge >= 0.3 is 0 Å². The van der Waals surface area contributed by atoms with Gasteiger partial charge in [0.2, 0.25) is 0 Å². The van der Waals surface area contributed by atoms with E-state index in [0.29, 0.717) is 5.75 Å². The molecule has 0 saturated carbocycles. The number of rotatable bonds is 2. The molecule has 0 rings (SSSR count). The third kappa shape index (κ3) is 5.89. The normalized spacial score (nSPS) is 13.4. The lowest BCUT2D eigenvalue weighted by Crippen LogP contribution is -1.93. The Morgan fingerprint density at radius 1 is 1.86 bits per heavy atom. The second-order valence-electron chi connectivity index (χ2n) is 1.63. The molecule has 42 valence electrons. The van der Waals surface area contributed by atoms with Gasteiger partial charge in [-0.2, -0.15) is 10.5 Å². The zero-order chi connectivity index (χ0) is 5.86. The van der Waals surface area contributed by atoms with Gasteiger partial charge in [-0.15, -0.1) is 0 Å². The Morgan fingerprint density at radius 3 is 2.29 bits per heavy atom. The third-order valence-electron chi connectivity index (χ3n) is 0.450. The van der Waals surface area contributed by atoms with Gasteiger partial charge in [-0.3, -0.25) is 4.79 Å². The molecule has 0 aromatic rings. The highest BCUT2D eigenvalue weighted by Gasteiger charge is 1.87. The maximum Gasteiger partial charge on any atom is 0.139 e. The van der Waals surface area contributed by atoms with Crippen molar-refractivity contribution in [2.45, 2.75) is 6.92 Å². The third-order valence-corrected chi connectivity index (χ3v) is 1.35. The first kappa shape index (κ1) is 6.89. The molecule has 0 bridgehead atoms. The van der Waals surface area contributed by atoms with E-state index in [-0.39, 0.29) is 16.3 Å². The van der Waals surface area contributed by atoms with Crippen LogP contribution in [0.15, 0.2) is 0 Å². The van der Waals surface area contributed by atoms with Gasteiger partial charge < -0.3 is 0 Å². The van der Waals surface area contributed by atoms with Crippen LogP contribution in [0.3, 0.4) is 0 Å². The Labute approximate surface area is 46.7 Å². The first-order valence-corrected chi connectivity index (χ1v) is 4.01. The topological polar surface area (TPSA) is 17.1 Å². The number of carbonyl (C=O) groups excluding carboxylic acids is 1. The van der Waals surface area contributed by atoms with Gasteiger partial charge in [0.15, 0.2) is 0 Å². The number of carbonyl (C=O) groups is 1. The van der Waals surface area contributed by atoms with Crippen molar-refractivity contribution in [1.29, 1.82) is 0 Å². The van der Waals surface area contributed by atoms with Crippen molar-refractivity contribution in [2.75, 3.05) is 12.0 Å². The summed E-state index contributed by atoms with van der Waals surface area (Å²) in [5.41, 5.74) is 0. The molecule has 0 radical (unpaired) electrons. The van der Waals surface area contributed by atoms with Crippen LogP contribution in [0.2, 0.25) is 0 Å². The molecule has 2 heteroatoms. The van der Waals surface area contributed by atoms with Crippen LogP contribution in [-0.4, -0.2) is 23.7 Å². The molecule has 0 aliphatic heterocycles. The van der Waals surface area contributed by atoms with Crippen molar-refractivity contribution in [2.24, 2.45) is 0 Å². The van der Waals surface area contributed by atoms with Crippen molar-refractivity contribution in [1.82, 2.24) is 0 Å². The minimum absolute atomic E-state index is 0.0548. The second-order valence-corrected chi connectivity index (χ2v) is 3.48. The van der Waals surface area contributed by atoms with Gasteiger partial charge in [-0.1, -0.05) is 5.87 Å². The fourth-order valence-electron chi connectivity index (χ4n) is 0.347. The van der Waals surface area contributed by atoms with Crippen LogP contribution >= 0.6 is 10.5 Å². The van der Waals surface area contributed by atoms with Crippen LogP contribution in [0, 0.1) is 0 Å². The first-order valence-electron chi connectivity index (χ1n) is 2.04. The summed E-state index contributed by atoms with van der Waals surface area (Å²) in [4.78, 5) is 10.2. The minimum Gasteiger partial charge on any atom is -0.299 e. The molecule has 1 unspecified atom stereocenters. The zero-order valence-corrected chi connectivity index (χ0v) is 5.55. The summed E-state index contributed by atoms with van der Waals surface area (Å²) in [6.07, 6.45) is 1.96. The highest BCUT2D eigenvalue weighted by atomic mass is 32.2. The fourth-order valence-corrected chi connectivity index (χ4v) is 1.04. The fraction of sp³-hybridized carbons (Fsp3) is 0.600. The molecule has 0 aromatic carbocycles. The Bertz CT molecular complexity index is 84.3. The monoisotopic (exact) mass is 118 g/mol. The lowest BCUT2D eigenvalue weighted by atomic mass is 10.5. The molecule has 0 aliphatic carbocycles. The van der Waals surface area contributed by atoms with Gasteiger partial charge in [-0.05, 0) is 13.2 Å². The summed E-state index contributed by atoms with van der Waals surface area (Å²) in [5, 5.41) is 0. The Hall–Kier alpha value is -0.110. The molecule has 0 spiro atoms. The molecule has 0 N–H and O–H groups in total. The summed E-state index contributed by atoms with van der Waals surface area (Å²) >= 11 is 0. The summed E-state index contributed by atoms with van der Waals surface area (Å²) in [6, 6.07) is 0. The molecule has 7 heavy (non-hydrogen) atoms. The van der Waals surface area contributed by atoms with Crippen LogP contribution in [0.25, 0.3) is 0 Å². The van der Waals surface area contributed by atoms with Crippen molar-refractivity contribution < 1.29 is 4.79 Å². The van der Waals surface area contributed by atoms with Gasteiger partial charge in [0, 0.05) is 5.75 Å². The van der Waals surface area contributed by atoms with Gasteiger partial charge in [0.05, 0.1) is 0 Å². The van der Waals surface area contributed by atoms with Crippen LogP contribution in [-0.2, 0) is 4.79 Å². The summed E-state index contributed by atoms with van der Waals surface area (Å²) in [6.45, 7) is 1.59. The SMILES string of the molecule is C=S(C)CC(C)=O. The van der Waals surface area contributed by atoms with E-state index in [1.165, 1.54) is 0 Å². The predicted octanol–water partition coefficient (Wildman–Crippen LogP) is 0.906. The van der Waals surface area contributed by atoms with E-state index in [1.54, 1.807) is 6.92 Å². The van der Waals surface area contributed by atoms with E-state index in [0.717, 1.165) is 0 Å². The van der Waals surface area contributed by atoms with E-state index in [4.69, 9.17) is 0 Å². The zero-order valence-electron chi connectivity index (χ0n) is 4.73. The van der Waals surface area contributed by atoms with Crippen LogP contribution in [0.1, 0.15) is 6.92 Å². The number of Topliss-reactive ketones (excluding diaryl/α,β-unsaturated/α-hetero) is 1. The van der Waals surface area contributed by atoms with Crippen LogP contribution < -0.4 is 0 Å². The van der Waals surface area contributed by atoms with Crippen molar-refractivity contribution in [3.05, 3.63) is 0 Å². The smallest absolute Gasteiger partial charge is 0.139 e. The van der Waals surface area contributed by atoms with Crippen LogP contribution in [0.4, 0.5) is 0 Å². The molecule has 0 aliphatic rings. The molecule has 1 nitrogen and oxygen atoms in total. The second kappa shape index (κ2) is 2.97. The van der Waals surface area contributed by atoms with Crippen LogP contribution in [0.5, 0.6) is 0 Å². The predicted molar refractivity (Wildman–Crippen MR) is 36.2 cm³/mol. The molecular formula is C5H10OS. The van der Waals surface area contributed by atoms with Gasteiger partial charge in [0.25, 0.3) is 0 Å². The maximum atomic E-state index is 10.2. The van der Waals surface area contributed by atoms with E-state index in [9.17, 15) is 4.79 Å². The lowest BCUT2D eigenvalue weighted by Gasteiger charge is -1.90. The van der Waals surface area contributed by atoms with E-state index < -0.39 is 0 Å². The molecule has 1 atom stereocenters. The number of ketones is 1. The highest BCUT2D eigenvalue weighted by molar-refractivity contribution is 8.14. The largest absolute Gasteiger partial charge is 0.299 e. The average molecular weight is 118 g/mol. The van der Waals surface area contributed by atoms with E-state index in [2.05, 4.69) is 5.87 Å². The standard InChI is InChI=1S/C5H10OS/c1-5(6)4-7(2)3/h2,4H2,1,3H3. The quantitative estimate of drug-likeness (QED) is 0.492. The number of hydrogen-bond donors (Lipinski definition) is 0. The molecular weight excluding hydrogens is 108 g/mol. The summed E-state index contributed by atoms with van der Waals surface area (Å²) in [5.74, 6) is 4.56. The molecule has 0 heterocycles. The minimum atomic E-state index is 0.0548.